The molecule has 1 aliphatic heterocycles. The number of anilines is 2. The fourth-order valence-corrected chi connectivity index (χ4v) is 3.21. The van der Waals surface area contributed by atoms with Crippen molar-refractivity contribution in [2.24, 2.45) is 0 Å². The summed E-state index contributed by atoms with van der Waals surface area (Å²) in [6.07, 6.45) is 2.17. The Labute approximate surface area is 154 Å². The second-order valence-electron chi connectivity index (χ2n) is 6.11. The van der Waals surface area contributed by atoms with E-state index in [-0.39, 0.29) is 24.2 Å². The molecule has 1 aliphatic rings. The first kappa shape index (κ1) is 18.1. The predicted molar refractivity (Wildman–Crippen MR) is 101 cm³/mol. The molecule has 0 fully saturated rings. The molecule has 4 N–H and O–H groups in total. The number of hydrogen-bond donors (Lipinski definition) is 4. The third kappa shape index (κ3) is 3.95. The zero-order chi connectivity index (χ0) is 19.4. The van der Waals surface area contributed by atoms with Gasteiger partial charge in [0, 0.05) is 36.0 Å². The third-order valence-corrected chi connectivity index (χ3v) is 4.28. The van der Waals surface area contributed by atoms with Crippen molar-refractivity contribution >= 4 is 40.6 Å². The molecule has 138 valence electrons. The summed E-state index contributed by atoms with van der Waals surface area (Å²) in [4.78, 5) is 31.7. The Morgan fingerprint density at radius 2 is 2.07 bits per heavy atom. The lowest BCUT2D eigenvalue weighted by molar-refractivity contribution is -0.123. The number of fused-ring (bicyclic) bond motifs is 2. The summed E-state index contributed by atoms with van der Waals surface area (Å²) in [7, 11) is 0. The minimum atomic E-state index is -0.250. The molecular formula is C19H18N4O4. The molecule has 1 unspecified atom stereocenters. The minimum absolute atomic E-state index is 0.0205. The third-order valence-electron chi connectivity index (χ3n) is 4.28. The number of H-pyrrole nitrogens is 1. The van der Waals surface area contributed by atoms with E-state index in [0.717, 1.165) is 27.7 Å². The van der Waals surface area contributed by atoms with Crippen molar-refractivity contribution in [1.29, 1.82) is 0 Å². The van der Waals surface area contributed by atoms with E-state index in [2.05, 4.69) is 20.8 Å². The number of nitrogens with one attached hydrogen (secondary N) is 3. The van der Waals surface area contributed by atoms with Crippen LogP contribution in [0.25, 0.3) is 10.9 Å². The van der Waals surface area contributed by atoms with Crippen LogP contribution in [0, 0.1) is 0 Å². The number of hydrogen-bond acceptors (Lipinski definition) is 4. The summed E-state index contributed by atoms with van der Waals surface area (Å²) < 4.78 is 0. The fraction of sp³-hybridized carbons (Fsp3) is 0.158. The number of aromatic nitrogens is 2. The monoisotopic (exact) mass is 366 g/mol. The summed E-state index contributed by atoms with van der Waals surface area (Å²) in [5.41, 5.74) is 4.48. The van der Waals surface area contributed by atoms with Gasteiger partial charge in [-0.25, -0.2) is 0 Å². The molecule has 27 heavy (non-hydrogen) atoms. The first-order valence-corrected chi connectivity index (χ1v) is 8.24. The van der Waals surface area contributed by atoms with Gasteiger partial charge in [0.1, 0.15) is 0 Å². The Morgan fingerprint density at radius 3 is 2.81 bits per heavy atom. The van der Waals surface area contributed by atoms with E-state index in [9.17, 15) is 9.59 Å². The highest BCUT2D eigenvalue weighted by Crippen LogP contribution is 2.39. The van der Waals surface area contributed by atoms with Crippen LogP contribution in [0.1, 0.15) is 30.4 Å². The Hall–Kier alpha value is -3.68. The average Bonchev–Trinajstić information content (AvgIpc) is 3.08. The summed E-state index contributed by atoms with van der Waals surface area (Å²) in [5.74, 6) is -0.191. The Bertz CT molecular complexity index is 1010. The van der Waals surface area contributed by atoms with E-state index >= 15 is 0 Å². The maximum atomic E-state index is 12.1. The predicted octanol–water partition coefficient (Wildman–Crippen LogP) is 2.70. The van der Waals surface area contributed by atoms with Gasteiger partial charge in [-0.15, -0.1) is 0 Å². The van der Waals surface area contributed by atoms with Crippen molar-refractivity contribution in [3.63, 3.8) is 0 Å². The molecule has 1 atom stereocenters. The zero-order valence-electron chi connectivity index (χ0n) is 14.5. The Kier molecular flexibility index (Phi) is 5.16. The number of benzene rings is 2. The SMILES string of the molecule is CC(=O)Nc1ccc2c(c1)NC(=O)CC2c1ccc2cn[nH]c2c1.O=CO. The van der Waals surface area contributed by atoms with Crippen molar-refractivity contribution in [3.8, 4) is 0 Å². The van der Waals surface area contributed by atoms with Crippen molar-refractivity contribution in [2.75, 3.05) is 10.6 Å². The molecule has 1 aromatic heterocycles. The van der Waals surface area contributed by atoms with Crippen LogP contribution in [0.15, 0.2) is 42.6 Å². The van der Waals surface area contributed by atoms with E-state index in [4.69, 9.17) is 9.90 Å². The second-order valence-corrected chi connectivity index (χ2v) is 6.11. The van der Waals surface area contributed by atoms with Crippen molar-refractivity contribution in [2.45, 2.75) is 19.3 Å². The smallest absolute Gasteiger partial charge is 0.290 e. The van der Waals surface area contributed by atoms with Crippen LogP contribution < -0.4 is 10.6 Å². The van der Waals surface area contributed by atoms with Crippen molar-refractivity contribution < 1.29 is 19.5 Å². The molecule has 2 heterocycles. The highest BCUT2D eigenvalue weighted by Gasteiger charge is 2.27. The number of rotatable bonds is 2. The normalized spacial score (nSPS) is 15.1. The highest BCUT2D eigenvalue weighted by atomic mass is 16.3. The van der Waals surface area contributed by atoms with Gasteiger partial charge in [0.15, 0.2) is 0 Å². The summed E-state index contributed by atoms with van der Waals surface area (Å²) in [6, 6.07) is 11.7. The molecule has 0 radical (unpaired) electrons. The largest absolute Gasteiger partial charge is 0.483 e. The maximum Gasteiger partial charge on any atom is 0.290 e. The quantitative estimate of drug-likeness (QED) is 0.519. The summed E-state index contributed by atoms with van der Waals surface area (Å²) in [5, 5.41) is 20.6. The molecule has 0 saturated heterocycles. The van der Waals surface area contributed by atoms with Crippen LogP contribution in [0.5, 0.6) is 0 Å². The lowest BCUT2D eigenvalue weighted by atomic mass is 9.84. The van der Waals surface area contributed by atoms with Gasteiger partial charge in [0.05, 0.1) is 11.7 Å². The van der Waals surface area contributed by atoms with Gasteiger partial charge < -0.3 is 15.7 Å². The first-order chi connectivity index (χ1) is 13.0. The van der Waals surface area contributed by atoms with E-state index < -0.39 is 0 Å². The topological polar surface area (TPSA) is 124 Å². The zero-order valence-corrected chi connectivity index (χ0v) is 14.5. The average molecular weight is 366 g/mol. The van der Waals surface area contributed by atoms with Gasteiger partial charge in [0.2, 0.25) is 11.8 Å². The number of aromatic amines is 1. The van der Waals surface area contributed by atoms with Gasteiger partial charge in [-0.2, -0.15) is 5.10 Å². The van der Waals surface area contributed by atoms with Gasteiger partial charge in [-0.05, 0) is 29.3 Å². The molecule has 2 amide bonds. The molecule has 2 aromatic carbocycles. The summed E-state index contributed by atoms with van der Waals surface area (Å²) >= 11 is 0. The number of nitrogens with zero attached hydrogens (tertiary/aromatic N) is 1. The van der Waals surface area contributed by atoms with E-state index in [1.54, 1.807) is 12.3 Å². The molecule has 0 saturated carbocycles. The molecule has 0 aliphatic carbocycles. The van der Waals surface area contributed by atoms with Crippen LogP contribution in [-0.2, 0) is 14.4 Å². The number of carbonyl (C=O) groups is 3. The molecule has 3 aromatic rings. The first-order valence-electron chi connectivity index (χ1n) is 8.24. The van der Waals surface area contributed by atoms with Crippen molar-refractivity contribution in [1.82, 2.24) is 10.2 Å². The van der Waals surface area contributed by atoms with E-state index in [0.29, 0.717) is 12.1 Å². The number of amides is 2. The van der Waals surface area contributed by atoms with E-state index in [1.165, 1.54) is 6.92 Å². The number of carboxylic acid groups (broad SMARTS) is 1. The van der Waals surface area contributed by atoms with Crippen molar-refractivity contribution in [3.05, 3.63) is 53.7 Å². The molecule has 0 spiro atoms. The standard InChI is InChI=1S/C18H16N4O2.CH2O2/c1-10(23)20-13-4-5-14-15(8-18(24)21-17(14)7-13)11-2-3-12-9-19-22-16(12)6-11;2-1-3/h2-7,9,15H,8H2,1H3,(H,19,22)(H,20,23)(H,21,24);1H,(H,2,3). The lowest BCUT2D eigenvalue weighted by Crippen LogP contribution is -2.23. The molecule has 8 nitrogen and oxygen atoms in total. The van der Waals surface area contributed by atoms with Crippen LogP contribution >= 0.6 is 0 Å². The minimum Gasteiger partial charge on any atom is -0.483 e. The maximum absolute atomic E-state index is 12.1. The van der Waals surface area contributed by atoms with Gasteiger partial charge in [-0.3, -0.25) is 19.5 Å². The fourth-order valence-electron chi connectivity index (χ4n) is 3.21. The van der Waals surface area contributed by atoms with Gasteiger partial charge >= 0.3 is 0 Å². The van der Waals surface area contributed by atoms with Gasteiger partial charge in [0.25, 0.3) is 6.47 Å². The molecule has 0 bridgehead atoms. The van der Waals surface area contributed by atoms with Gasteiger partial charge in [-0.1, -0.05) is 18.2 Å². The highest BCUT2D eigenvalue weighted by molar-refractivity contribution is 5.97. The molecule has 8 heteroatoms. The molecular weight excluding hydrogens is 348 g/mol. The van der Waals surface area contributed by atoms with Crippen LogP contribution in [-0.4, -0.2) is 33.6 Å². The van der Waals surface area contributed by atoms with Crippen LogP contribution in [0.2, 0.25) is 0 Å². The lowest BCUT2D eigenvalue weighted by Gasteiger charge is -2.26. The van der Waals surface area contributed by atoms with Crippen LogP contribution in [0.3, 0.4) is 0 Å². The molecule has 4 rings (SSSR count). The Balaban J connectivity index is 0.000000659. The van der Waals surface area contributed by atoms with E-state index in [1.807, 2.05) is 30.3 Å². The number of carbonyl (C=O) groups excluding carboxylic acids is 2. The Morgan fingerprint density at radius 1 is 1.30 bits per heavy atom. The second kappa shape index (κ2) is 7.69. The summed E-state index contributed by atoms with van der Waals surface area (Å²) in [6.45, 7) is 1.21. The van der Waals surface area contributed by atoms with Crippen LogP contribution in [0.4, 0.5) is 11.4 Å².